The average molecular weight is 1450 g/mol. The number of anilines is 2. The van der Waals surface area contributed by atoms with Crippen LogP contribution in [-0.2, 0) is 0 Å². The molecule has 0 saturated carbocycles. The van der Waals surface area contributed by atoms with Gasteiger partial charge < -0.3 is 19.3 Å². The smallest absolute Gasteiger partial charge is 0.343 e. The van der Waals surface area contributed by atoms with Gasteiger partial charge in [0.1, 0.15) is 11.5 Å². The fourth-order valence-electron chi connectivity index (χ4n) is 15.2. The summed E-state index contributed by atoms with van der Waals surface area (Å²) in [6.07, 6.45) is 81.1. The van der Waals surface area contributed by atoms with Gasteiger partial charge in [-0.3, -0.25) is 9.59 Å². The molecule has 0 saturated heterocycles. The lowest BCUT2D eigenvalue weighted by molar-refractivity contribution is 0.0725. The van der Waals surface area contributed by atoms with E-state index in [0.717, 1.165) is 37.6 Å². The van der Waals surface area contributed by atoms with Gasteiger partial charge in [0.05, 0.1) is 17.5 Å². The van der Waals surface area contributed by atoms with Gasteiger partial charge in [-0.1, -0.05) is 387 Å². The van der Waals surface area contributed by atoms with Crippen LogP contribution in [0.2, 0.25) is 0 Å². The van der Waals surface area contributed by atoms with E-state index in [2.05, 4.69) is 61.8 Å². The van der Waals surface area contributed by atoms with Crippen LogP contribution in [0.5, 0.6) is 11.5 Å². The molecule has 4 rings (SSSR count). The van der Waals surface area contributed by atoms with Crippen molar-refractivity contribution >= 4 is 34.9 Å². The summed E-state index contributed by atoms with van der Waals surface area (Å²) in [5.41, 5.74) is 3.95. The minimum absolute atomic E-state index is 0.328. The number of unbranched alkanes of at least 4 members (excludes halogenated alkanes) is 56. The largest absolute Gasteiger partial charge is 0.423 e. The summed E-state index contributed by atoms with van der Waals surface area (Å²) in [4.78, 5) is 58.9. The number of carbonyl (C=O) groups excluding carboxylic acids is 4. The molecule has 8 nitrogen and oxygen atoms in total. The molecule has 105 heavy (non-hydrogen) atoms. The van der Waals surface area contributed by atoms with E-state index in [1.807, 2.05) is 24.3 Å². The molecular weight excluding hydrogens is 1290 g/mol. The second-order valence-corrected chi connectivity index (χ2v) is 31.7. The molecule has 0 unspecified atom stereocenters. The molecule has 0 bridgehead atoms. The lowest BCUT2D eigenvalue weighted by atomic mass is 10.0. The number of nitrogens with zero attached hydrogens (tertiary/aromatic N) is 2. The predicted molar refractivity (Wildman–Crippen MR) is 453 cm³/mol. The number of ketones is 2. The Kier molecular flexibility index (Phi) is 57.8. The first-order chi connectivity index (χ1) is 51.8. The van der Waals surface area contributed by atoms with Crippen LogP contribution in [0.15, 0.2) is 97.1 Å². The first-order valence-electron chi connectivity index (χ1n) is 45.2. The number of Topliss-reactive ketones (excluding diaryl/α,β-unsaturated/α-hetero) is 2. The minimum Gasteiger partial charge on any atom is -0.423 e. The standard InChI is InChI=1S/C97H158N2O6/c1-5-9-13-17-21-25-29-33-37-41-45-49-53-57-61-81-98(82-62-58-54-50-46-42-38-34-30-26-22-18-14-10-6-2)90-73-65-88(66-74-90)96(102)104-92-77-69-86(70-78-92)94(100)85-95(101)87-71-79-93(80-72-87)105-97(103)89-67-75-91(76-68-89)99(83-63-59-55-51-47-43-39-35-31-27-23-19-15-11-7-3)84-64-60-56-52-48-44-40-36-32-28-24-20-16-12-8-4/h65-80H,5-64,81-85H2,1-4H3. The summed E-state index contributed by atoms with van der Waals surface area (Å²) < 4.78 is 11.6. The molecular formula is C97H158N2O6. The van der Waals surface area contributed by atoms with E-state index in [4.69, 9.17) is 9.47 Å². The molecule has 592 valence electrons. The summed E-state index contributed by atoms with van der Waals surface area (Å²) in [6, 6.07) is 28.6. The van der Waals surface area contributed by atoms with Gasteiger partial charge in [-0.05, 0) is 123 Å². The fraction of sp³-hybridized carbons (Fsp3) is 0.711. The lowest BCUT2D eigenvalue weighted by Gasteiger charge is -2.25. The molecule has 0 aliphatic heterocycles. The van der Waals surface area contributed by atoms with Crippen LogP contribution >= 0.6 is 0 Å². The summed E-state index contributed by atoms with van der Waals surface area (Å²) in [7, 11) is 0. The normalized spacial score (nSPS) is 11.4. The molecule has 0 radical (unpaired) electrons. The van der Waals surface area contributed by atoms with Crippen molar-refractivity contribution in [3.8, 4) is 11.5 Å². The molecule has 0 amide bonds. The van der Waals surface area contributed by atoms with Crippen molar-refractivity contribution in [2.45, 2.75) is 419 Å². The summed E-state index contributed by atoms with van der Waals surface area (Å²) in [5, 5.41) is 0. The minimum atomic E-state index is -0.456. The molecule has 4 aromatic rings. The maximum atomic E-state index is 13.5. The fourth-order valence-corrected chi connectivity index (χ4v) is 15.2. The maximum absolute atomic E-state index is 13.5. The van der Waals surface area contributed by atoms with Crippen LogP contribution in [0, 0.1) is 0 Å². The monoisotopic (exact) mass is 1450 g/mol. The first-order valence-corrected chi connectivity index (χ1v) is 45.2. The molecule has 0 spiro atoms. The number of hydrogen-bond donors (Lipinski definition) is 0. The summed E-state index contributed by atoms with van der Waals surface area (Å²) in [6.45, 7) is 13.3. The Morgan fingerprint density at radius 3 is 0.552 bits per heavy atom. The number of ether oxygens (including phenoxy) is 2. The lowest BCUT2D eigenvalue weighted by Crippen LogP contribution is -2.25. The maximum Gasteiger partial charge on any atom is 0.343 e. The predicted octanol–water partition coefficient (Wildman–Crippen LogP) is 30.7. The van der Waals surface area contributed by atoms with Gasteiger partial charge in [0.25, 0.3) is 0 Å². The number of benzene rings is 4. The zero-order chi connectivity index (χ0) is 74.8. The molecule has 4 aromatic carbocycles. The third-order valence-corrected chi connectivity index (χ3v) is 22.2. The number of esters is 2. The van der Waals surface area contributed by atoms with Crippen LogP contribution in [0.1, 0.15) is 461 Å². The van der Waals surface area contributed by atoms with Gasteiger partial charge in [0.2, 0.25) is 0 Å². The first kappa shape index (κ1) is 92.1. The Labute approximate surface area is 646 Å². The van der Waals surface area contributed by atoms with Gasteiger partial charge >= 0.3 is 11.9 Å². The van der Waals surface area contributed by atoms with E-state index in [1.165, 1.54) is 385 Å². The molecule has 0 atom stereocenters. The number of hydrogen-bond acceptors (Lipinski definition) is 8. The zero-order valence-corrected chi connectivity index (χ0v) is 68.5. The molecule has 0 fully saturated rings. The topological polar surface area (TPSA) is 93.2 Å². The van der Waals surface area contributed by atoms with Gasteiger partial charge in [0.15, 0.2) is 11.6 Å². The van der Waals surface area contributed by atoms with Crippen molar-refractivity contribution in [1.82, 2.24) is 0 Å². The summed E-state index contributed by atoms with van der Waals surface area (Å²) in [5.74, 6) is -0.935. The van der Waals surface area contributed by atoms with Crippen molar-refractivity contribution in [2.24, 2.45) is 0 Å². The summed E-state index contributed by atoms with van der Waals surface area (Å²) >= 11 is 0. The van der Waals surface area contributed by atoms with Gasteiger partial charge in [-0.2, -0.15) is 0 Å². The Hall–Kier alpha value is -5.24. The highest BCUT2D eigenvalue weighted by molar-refractivity contribution is 6.13. The van der Waals surface area contributed by atoms with E-state index < -0.39 is 11.9 Å². The Morgan fingerprint density at radius 1 is 0.210 bits per heavy atom. The van der Waals surface area contributed by atoms with E-state index in [1.54, 1.807) is 48.5 Å². The van der Waals surface area contributed by atoms with Crippen molar-refractivity contribution in [3.05, 3.63) is 119 Å². The molecule has 0 heterocycles. The number of rotatable bonds is 74. The van der Waals surface area contributed by atoms with Crippen molar-refractivity contribution in [2.75, 3.05) is 36.0 Å². The van der Waals surface area contributed by atoms with E-state index in [9.17, 15) is 19.2 Å². The van der Waals surface area contributed by atoms with E-state index >= 15 is 0 Å². The molecule has 0 aliphatic carbocycles. The quantitative estimate of drug-likeness (QED) is 0.0142. The van der Waals surface area contributed by atoms with Gasteiger partial charge in [-0.15, -0.1) is 0 Å². The van der Waals surface area contributed by atoms with Crippen LogP contribution in [0.3, 0.4) is 0 Å². The highest BCUT2D eigenvalue weighted by Crippen LogP contribution is 2.26. The Morgan fingerprint density at radius 2 is 0.371 bits per heavy atom. The Bertz CT molecular complexity index is 2420. The van der Waals surface area contributed by atoms with Crippen LogP contribution in [0.4, 0.5) is 11.4 Å². The molecule has 8 heteroatoms. The zero-order valence-electron chi connectivity index (χ0n) is 68.5. The van der Waals surface area contributed by atoms with Crippen molar-refractivity contribution in [1.29, 1.82) is 0 Å². The van der Waals surface area contributed by atoms with Crippen molar-refractivity contribution in [3.63, 3.8) is 0 Å². The third kappa shape index (κ3) is 48.0. The van der Waals surface area contributed by atoms with E-state index in [0.29, 0.717) is 33.8 Å². The van der Waals surface area contributed by atoms with E-state index in [-0.39, 0.29) is 18.0 Å². The third-order valence-electron chi connectivity index (χ3n) is 22.2. The van der Waals surface area contributed by atoms with Gasteiger partial charge in [-0.25, -0.2) is 9.59 Å². The second kappa shape index (κ2) is 65.8. The van der Waals surface area contributed by atoms with Crippen LogP contribution in [-0.4, -0.2) is 49.7 Å². The SMILES string of the molecule is CCCCCCCCCCCCCCCCCN(CCCCCCCCCCCCCCCCC)c1ccc(C(=O)Oc2ccc(C(=O)CC(=O)c3ccc(OC(=O)c4ccc(N(CCCCCCCCCCCCCCCCC)CCCCCCCCCCCCCCCCC)cc4)cc3)cc2)cc1. The second-order valence-electron chi connectivity index (χ2n) is 31.7. The van der Waals surface area contributed by atoms with Crippen LogP contribution in [0.25, 0.3) is 0 Å². The van der Waals surface area contributed by atoms with Crippen LogP contribution < -0.4 is 19.3 Å². The van der Waals surface area contributed by atoms with Gasteiger partial charge in [0, 0.05) is 48.7 Å². The highest BCUT2D eigenvalue weighted by atomic mass is 16.5. The van der Waals surface area contributed by atoms with Crippen molar-refractivity contribution < 1.29 is 28.7 Å². The molecule has 0 aliphatic rings. The average Bonchev–Trinajstić information content (AvgIpc) is 0.860. The molecule has 0 aromatic heterocycles. The highest BCUT2D eigenvalue weighted by Gasteiger charge is 2.18. The molecule has 0 N–H and O–H groups in total. The Balaban J connectivity index is 1.20. The number of carbonyl (C=O) groups is 4.